The zero-order valence-corrected chi connectivity index (χ0v) is 12.4. The van der Waals surface area contributed by atoms with Gasteiger partial charge in [0.2, 0.25) is 0 Å². The van der Waals surface area contributed by atoms with E-state index >= 15 is 0 Å². The van der Waals surface area contributed by atoms with E-state index in [-0.39, 0.29) is 11.4 Å². The van der Waals surface area contributed by atoms with Gasteiger partial charge in [0.25, 0.3) is 5.91 Å². The Hall–Kier alpha value is -1.20. The molecule has 0 N–H and O–H groups in total. The summed E-state index contributed by atoms with van der Waals surface area (Å²) in [5.74, 6) is 0.370. The van der Waals surface area contributed by atoms with E-state index in [0.29, 0.717) is 11.4 Å². The maximum absolute atomic E-state index is 12.2. The van der Waals surface area contributed by atoms with Crippen molar-refractivity contribution in [3.63, 3.8) is 0 Å². The second-order valence-corrected chi connectivity index (χ2v) is 5.91. The maximum atomic E-state index is 12.2. The molecule has 2 rings (SSSR count). The van der Waals surface area contributed by atoms with Crippen molar-refractivity contribution in [1.29, 1.82) is 0 Å². The third-order valence-corrected chi connectivity index (χ3v) is 3.13. The lowest BCUT2D eigenvalue weighted by Gasteiger charge is -2.18. The molecule has 0 aliphatic carbocycles. The summed E-state index contributed by atoms with van der Waals surface area (Å²) >= 11 is 3.39. The number of amidine groups is 1. The third-order valence-electron chi connectivity index (χ3n) is 2.47. The molecular formula is C13H15BrN2O2. The number of fused-ring (bicyclic) bond motifs is 1. The van der Waals surface area contributed by atoms with Crippen LogP contribution in [0.15, 0.2) is 27.7 Å². The van der Waals surface area contributed by atoms with Crippen LogP contribution in [0.4, 0.5) is 0 Å². The summed E-state index contributed by atoms with van der Waals surface area (Å²) < 4.78 is 0.756. The van der Waals surface area contributed by atoms with Gasteiger partial charge in [-0.25, -0.2) is 0 Å². The predicted molar refractivity (Wildman–Crippen MR) is 73.6 cm³/mol. The first-order valence-corrected chi connectivity index (χ1v) is 6.42. The smallest absolute Gasteiger partial charge is 0.268 e. The van der Waals surface area contributed by atoms with E-state index in [1.807, 2.05) is 39.0 Å². The number of amides is 1. The van der Waals surface area contributed by atoms with Gasteiger partial charge in [0.05, 0.1) is 18.2 Å². The average molecular weight is 311 g/mol. The first-order valence-electron chi connectivity index (χ1n) is 5.62. The number of nitrogens with zero attached hydrogens (tertiary/aromatic N) is 2. The summed E-state index contributed by atoms with van der Waals surface area (Å²) in [6, 6.07) is 5.60. The van der Waals surface area contributed by atoms with E-state index in [9.17, 15) is 4.79 Å². The van der Waals surface area contributed by atoms with E-state index in [1.54, 1.807) is 0 Å². The lowest BCUT2D eigenvalue weighted by molar-refractivity contribution is -0.0375. The second kappa shape index (κ2) is 4.48. The van der Waals surface area contributed by atoms with E-state index in [4.69, 9.17) is 4.84 Å². The van der Waals surface area contributed by atoms with Crippen molar-refractivity contribution in [3.05, 3.63) is 33.8 Å². The lowest BCUT2D eigenvalue weighted by Crippen LogP contribution is -2.31. The monoisotopic (exact) mass is 310 g/mol. The van der Waals surface area contributed by atoms with Crippen LogP contribution in [-0.4, -0.2) is 29.5 Å². The minimum absolute atomic E-state index is 0.192. The number of carbonyl (C=O) groups excluding carboxylic acids is 1. The van der Waals surface area contributed by atoms with E-state index in [1.165, 1.54) is 12.2 Å². The molecule has 1 aromatic carbocycles. The van der Waals surface area contributed by atoms with Gasteiger partial charge in [0, 0.05) is 10.0 Å². The fourth-order valence-electron chi connectivity index (χ4n) is 1.83. The lowest BCUT2D eigenvalue weighted by atomic mass is 10.1. The number of hydrogen-bond acceptors (Lipinski definition) is 3. The molecule has 1 aliphatic rings. The summed E-state index contributed by atoms with van der Waals surface area (Å²) in [6.45, 7) is 5.94. The average Bonchev–Trinajstić information content (AvgIpc) is 2.51. The fourth-order valence-corrected chi connectivity index (χ4v) is 2.36. The number of rotatable bonds is 1. The van der Waals surface area contributed by atoms with E-state index < -0.39 is 0 Å². The van der Waals surface area contributed by atoms with Crippen LogP contribution in [0.2, 0.25) is 0 Å². The van der Waals surface area contributed by atoms with Crippen molar-refractivity contribution in [2.75, 3.05) is 7.11 Å². The molecule has 5 heteroatoms. The Morgan fingerprint density at radius 3 is 2.56 bits per heavy atom. The van der Waals surface area contributed by atoms with Crippen molar-refractivity contribution in [3.8, 4) is 0 Å². The van der Waals surface area contributed by atoms with E-state index in [0.717, 1.165) is 10.0 Å². The Balaban J connectivity index is 2.65. The van der Waals surface area contributed by atoms with Gasteiger partial charge in [-0.15, -0.1) is 0 Å². The molecule has 0 fully saturated rings. The highest BCUT2D eigenvalue weighted by molar-refractivity contribution is 9.10. The van der Waals surface area contributed by atoms with Crippen molar-refractivity contribution in [1.82, 2.24) is 5.06 Å². The number of hydrogen-bond donors (Lipinski definition) is 0. The summed E-state index contributed by atoms with van der Waals surface area (Å²) in [6.07, 6.45) is 0. The Kier molecular flexibility index (Phi) is 3.29. The topological polar surface area (TPSA) is 41.9 Å². The van der Waals surface area contributed by atoms with Crippen LogP contribution in [-0.2, 0) is 4.84 Å². The molecule has 18 heavy (non-hydrogen) atoms. The van der Waals surface area contributed by atoms with Crippen molar-refractivity contribution < 1.29 is 9.63 Å². The molecular weight excluding hydrogens is 296 g/mol. The predicted octanol–water partition coefficient (Wildman–Crippen LogP) is 3.01. The second-order valence-electron chi connectivity index (χ2n) is 5.05. The Morgan fingerprint density at radius 2 is 2.00 bits per heavy atom. The molecule has 1 aromatic rings. The largest absolute Gasteiger partial charge is 0.285 e. The quantitative estimate of drug-likeness (QED) is 0.800. The number of hydroxylamine groups is 2. The summed E-state index contributed by atoms with van der Waals surface area (Å²) in [5, 5.41) is 1.24. The minimum Gasteiger partial charge on any atom is -0.268 e. The van der Waals surface area contributed by atoms with Crippen LogP contribution in [0.3, 0.4) is 0 Å². The normalized spacial score (nSPS) is 17.5. The Labute approximate surface area is 115 Å². The number of benzene rings is 1. The van der Waals surface area contributed by atoms with E-state index in [2.05, 4.69) is 20.9 Å². The summed E-state index contributed by atoms with van der Waals surface area (Å²) in [7, 11) is 1.47. The highest BCUT2D eigenvalue weighted by atomic mass is 79.9. The molecule has 1 heterocycles. The molecule has 0 spiro atoms. The van der Waals surface area contributed by atoms with Crippen LogP contribution in [0.5, 0.6) is 0 Å². The minimum atomic E-state index is -0.281. The molecule has 0 unspecified atom stereocenters. The van der Waals surface area contributed by atoms with Gasteiger partial charge in [-0.1, -0.05) is 12.1 Å². The zero-order chi connectivity index (χ0) is 13.5. The molecule has 0 aromatic heterocycles. The molecule has 0 radical (unpaired) electrons. The summed E-state index contributed by atoms with van der Waals surface area (Å²) in [5.41, 5.74) is 1.12. The highest BCUT2D eigenvalue weighted by Crippen LogP contribution is 2.30. The highest BCUT2D eigenvalue weighted by Gasteiger charge is 2.36. The first kappa shape index (κ1) is 13.2. The molecule has 96 valence electrons. The van der Waals surface area contributed by atoms with Gasteiger partial charge in [0.15, 0.2) is 5.84 Å². The first-order chi connectivity index (χ1) is 8.35. The molecule has 0 saturated heterocycles. The third kappa shape index (κ3) is 2.20. The maximum Gasteiger partial charge on any atom is 0.285 e. The number of carbonyl (C=O) groups is 1. The Morgan fingerprint density at radius 1 is 1.33 bits per heavy atom. The van der Waals surface area contributed by atoms with Gasteiger partial charge in [-0.3, -0.25) is 14.6 Å². The molecule has 1 amide bonds. The number of aliphatic imine (C=N–C) groups is 1. The molecule has 0 atom stereocenters. The molecule has 1 aliphatic heterocycles. The van der Waals surface area contributed by atoms with Crippen LogP contribution in [0, 0.1) is 0 Å². The molecule has 0 saturated carbocycles. The van der Waals surface area contributed by atoms with Gasteiger partial charge in [0.1, 0.15) is 0 Å². The van der Waals surface area contributed by atoms with Crippen molar-refractivity contribution >= 4 is 27.7 Å². The van der Waals surface area contributed by atoms with Gasteiger partial charge >= 0.3 is 0 Å². The zero-order valence-electron chi connectivity index (χ0n) is 10.8. The molecule has 4 nitrogen and oxygen atoms in total. The van der Waals surface area contributed by atoms with Gasteiger partial charge < -0.3 is 0 Å². The van der Waals surface area contributed by atoms with Crippen LogP contribution >= 0.6 is 15.9 Å². The summed E-state index contributed by atoms with van der Waals surface area (Å²) in [4.78, 5) is 22.0. The van der Waals surface area contributed by atoms with Crippen molar-refractivity contribution in [2.24, 2.45) is 4.99 Å². The fraction of sp³-hybridized carbons (Fsp3) is 0.385. The van der Waals surface area contributed by atoms with Crippen molar-refractivity contribution in [2.45, 2.75) is 26.3 Å². The van der Waals surface area contributed by atoms with Gasteiger partial charge in [-0.05, 0) is 42.8 Å². The Bertz CT molecular complexity index is 532. The van der Waals surface area contributed by atoms with Crippen LogP contribution in [0.1, 0.15) is 36.7 Å². The molecule has 0 bridgehead atoms. The van der Waals surface area contributed by atoms with Crippen LogP contribution < -0.4 is 0 Å². The number of halogens is 1. The standard InChI is InChI=1S/C13H15BrN2O2/c1-13(2,3)15-11-8-6-5-7-9(14)10(8)12(17)16(11)18-4/h5-7H,1-4H3. The van der Waals surface area contributed by atoms with Crippen LogP contribution in [0.25, 0.3) is 0 Å². The SMILES string of the molecule is CON1C(=O)c2c(Br)cccc2C1=NC(C)(C)C. The van der Waals surface area contributed by atoms with Gasteiger partial charge in [-0.2, -0.15) is 5.06 Å².